The smallest absolute Gasteiger partial charge is 0.411 e. The van der Waals surface area contributed by atoms with Gasteiger partial charge in [0.05, 0.1) is 18.5 Å². The average molecular weight is 665 g/mol. The lowest BCUT2D eigenvalue weighted by atomic mass is 9.87. The van der Waals surface area contributed by atoms with Crippen LogP contribution < -0.4 is 10.6 Å². The zero-order chi connectivity index (χ0) is 32.6. The summed E-state index contributed by atoms with van der Waals surface area (Å²) in [5.41, 5.74) is 3.87. The van der Waals surface area contributed by atoms with E-state index in [2.05, 4.69) is 41.1 Å². The summed E-state index contributed by atoms with van der Waals surface area (Å²) < 4.78 is 6.12. The highest BCUT2D eigenvalue weighted by atomic mass is 35.5. The summed E-state index contributed by atoms with van der Waals surface area (Å²) in [6.45, 7) is 2.73. The fourth-order valence-electron chi connectivity index (χ4n) is 5.34. The number of anilines is 1. The molecule has 3 heterocycles. The predicted octanol–water partition coefficient (Wildman–Crippen LogP) is 4.60. The van der Waals surface area contributed by atoms with Gasteiger partial charge in [-0.25, -0.2) is 4.79 Å². The molecule has 15 heteroatoms. The summed E-state index contributed by atoms with van der Waals surface area (Å²) in [6, 6.07) is 13.7. The van der Waals surface area contributed by atoms with Crippen molar-refractivity contribution in [2.75, 3.05) is 25.5 Å². The number of aromatic nitrogens is 6. The third-order valence-electron chi connectivity index (χ3n) is 7.66. The number of benzene rings is 2. The van der Waals surface area contributed by atoms with Gasteiger partial charge in [0.25, 0.3) is 0 Å². The Balaban J connectivity index is 1.38. The number of ether oxygens (including phenoxy) is 1. The average Bonchev–Trinajstić information content (AvgIpc) is 3.60. The third-order valence-corrected chi connectivity index (χ3v) is 8.17. The molecule has 0 aliphatic carbocycles. The molecular formula is C31H31Cl2N9O4. The normalized spacial score (nSPS) is 15.4. The molecule has 2 N–H and O–H groups in total. The number of hydrogen-bond donors (Lipinski definition) is 2. The van der Waals surface area contributed by atoms with Crippen molar-refractivity contribution in [1.29, 1.82) is 0 Å². The van der Waals surface area contributed by atoms with Gasteiger partial charge in [0.2, 0.25) is 11.8 Å². The molecule has 4 aromatic rings. The van der Waals surface area contributed by atoms with E-state index in [0.717, 1.165) is 18.4 Å². The number of likely N-dealkylation sites (tertiary alicyclic amines) is 1. The molecule has 13 nitrogen and oxygen atoms in total. The maximum atomic E-state index is 13.4. The van der Waals surface area contributed by atoms with Crippen LogP contribution in [0.3, 0.4) is 0 Å². The topological polar surface area (TPSA) is 157 Å². The number of methoxy groups -OCH3 is 1. The minimum absolute atomic E-state index is 0.00975. The van der Waals surface area contributed by atoms with Gasteiger partial charge in [-0.1, -0.05) is 35.3 Å². The zero-order valence-electron chi connectivity index (χ0n) is 25.1. The van der Waals surface area contributed by atoms with Crippen molar-refractivity contribution in [3.05, 3.63) is 82.4 Å². The highest BCUT2D eigenvalue weighted by Gasteiger charge is 2.30. The van der Waals surface area contributed by atoms with Crippen LogP contribution in [0.2, 0.25) is 10.2 Å². The van der Waals surface area contributed by atoms with Gasteiger partial charge in [-0.05, 0) is 77.2 Å². The van der Waals surface area contributed by atoms with Crippen LogP contribution in [-0.4, -0.2) is 79.5 Å². The molecule has 2 unspecified atom stereocenters. The number of halogens is 2. The van der Waals surface area contributed by atoms with Crippen LogP contribution in [0.1, 0.15) is 31.0 Å². The standard InChI is InChI=1S/C31H31Cl2N9O4/c1-19(43)41-13-3-4-22(17-41)27(36-29(44)12-7-21-14-23(32)8-11-28(21)42-18-34-39-40-42)16-25-15-26(30(33)38-37-25)20-5-9-24(10-6-20)35-31(45)46-2/h5-12,14-15,18,22,27H,3-4,13,16-17H2,1-2H3,(H,35,45)(H,36,44)/b12-7+. The third kappa shape index (κ3) is 8.23. The second-order valence-electron chi connectivity index (χ2n) is 10.7. The van der Waals surface area contributed by atoms with E-state index < -0.39 is 6.09 Å². The lowest BCUT2D eigenvalue weighted by Gasteiger charge is -2.36. The molecule has 5 rings (SSSR count). The molecule has 0 spiro atoms. The molecule has 2 aromatic heterocycles. The van der Waals surface area contributed by atoms with Gasteiger partial charge >= 0.3 is 6.09 Å². The number of rotatable bonds is 9. The lowest BCUT2D eigenvalue weighted by Crippen LogP contribution is -2.49. The SMILES string of the molecule is COC(=O)Nc1ccc(-c2cc(CC(NC(=O)/C=C/c3cc(Cl)ccc3-n3cnnn3)C3CCCN(C(C)=O)C3)nnc2Cl)cc1. The first-order valence-corrected chi connectivity index (χ1v) is 15.2. The van der Waals surface area contributed by atoms with Crippen molar-refractivity contribution in [1.82, 2.24) is 40.6 Å². The summed E-state index contributed by atoms with van der Waals surface area (Å²) >= 11 is 12.7. The van der Waals surface area contributed by atoms with Gasteiger partial charge in [-0.2, -0.15) is 9.78 Å². The second-order valence-corrected chi connectivity index (χ2v) is 11.5. The molecule has 238 valence electrons. The number of nitrogens with one attached hydrogen (secondary N) is 2. The number of hydrogen-bond acceptors (Lipinski definition) is 9. The predicted molar refractivity (Wildman–Crippen MR) is 172 cm³/mol. The maximum Gasteiger partial charge on any atom is 0.411 e. The molecule has 0 bridgehead atoms. The minimum atomic E-state index is -0.576. The first-order valence-electron chi connectivity index (χ1n) is 14.4. The van der Waals surface area contributed by atoms with Gasteiger partial charge in [-0.3, -0.25) is 14.9 Å². The monoisotopic (exact) mass is 663 g/mol. The van der Waals surface area contributed by atoms with Gasteiger partial charge < -0.3 is 15.0 Å². The van der Waals surface area contributed by atoms with E-state index in [-0.39, 0.29) is 28.9 Å². The summed E-state index contributed by atoms with van der Waals surface area (Å²) in [5, 5.41) is 26.3. The molecule has 2 aromatic carbocycles. The Labute approximate surface area is 274 Å². The molecule has 1 saturated heterocycles. The van der Waals surface area contributed by atoms with E-state index >= 15 is 0 Å². The Kier molecular flexibility index (Phi) is 10.6. The molecule has 1 fully saturated rings. The maximum absolute atomic E-state index is 13.4. The molecule has 46 heavy (non-hydrogen) atoms. The van der Waals surface area contributed by atoms with E-state index in [1.165, 1.54) is 24.2 Å². The van der Waals surface area contributed by atoms with Gasteiger partial charge in [-0.15, -0.1) is 10.2 Å². The van der Waals surface area contributed by atoms with Crippen molar-refractivity contribution < 1.29 is 19.1 Å². The van der Waals surface area contributed by atoms with Crippen LogP contribution in [0.15, 0.2) is 60.9 Å². The summed E-state index contributed by atoms with van der Waals surface area (Å²) in [6.07, 6.45) is 5.94. The molecule has 3 amide bonds. The largest absolute Gasteiger partial charge is 0.453 e. The fraction of sp³-hybridized carbons (Fsp3) is 0.290. The Bertz CT molecular complexity index is 1730. The van der Waals surface area contributed by atoms with Crippen LogP contribution in [0.25, 0.3) is 22.9 Å². The van der Waals surface area contributed by atoms with Gasteiger partial charge in [0.15, 0.2) is 5.15 Å². The summed E-state index contributed by atoms with van der Waals surface area (Å²) in [4.78, 5) is 39.0. The number of amides is 3. The van der Waals surface area contributed by atoms with E-state index in [0.29, 0.717) is 52.7 Å². The molecule has 1 aliphatic rings. The van der Waals surface area contributed by atoms with Crippen molar-refractivity contribution in [3.8, 4) is 16.8 Å². The van der Waals surface area contributed by atoms with Crippen molar-refractivity contribution in [3.63, 3.8) is 0 Å². The van der Waals surface area contributed by atoms with Gasteiger partial charge in [0, 0.05) is 60.4 Å². The number of carbonyl (C=O) groups is 3. The lowest BCUT2D eigenvalue weighted by molar-refractivity contribution is -0.130. The van der Waals surface area contributed by atoms with E-state index in [4.69, 9.17) is 23.2 Å². The van der Waals surface area contributed by atoms with Crippen LogP contribution in [0.5, 0.6) is 0 Å². The summed E-state index contributed by atoms with van der Waals surface area (Å²) in [7, 11) is 1.29. The first-order chi connectivity index (χ1) is 22.2. The Morgan fingerprint density at radius 1 is 1.11 bits per heavy atom. The highest BCUT2D eigenvalue weighted by molar-refractivity contribution is 6.32. The van der Waals surface area contributed by atoms with E-state index in [9.17, 15) is 14.4 Å². The van der Waals surface area contributed by atoms with Crippen molar-refractivity contribution >= 4 is 52.9 Å². The Morgan fingerprint density at radius 2 is 1.91 bits per heavy atom. The highest BCUT2D eigenvalue weighted by Crippen LogP contribution is 2.29. The van der Waals surface area contributed by atoms with Crippen LogP contribution in [0, 0.1) is 5.92 Å². The van der Waals surface area contributed by atoms with Crippen LogP contribution in [0.4, 0.5) is 10.5 Å². The quantitative estimate of drug-likeness (QED) is 0.244. The molecule has 0 saturated carbocycles. The Hall–Kier alpha value is -4.88. The van der Waals surface area contributed by atoms with Crippen LogP contribution >= 0.6 is 23.2 Å². The molecule has 2 atom stereocenters. The summed E-state index contributed by atoms with van der Waals surface area (Å²) in [5.74, 6) is -0.365. The van der Waals surface area contributed by atoms with Gasteiger partial charge in [0.1, 0.15) is 6.33 Å². The first kappa shape index (κ1) is 32.5. The fourth-order valence-corrected chi connectivity index (χ4v) is 5.72. The van der Waals surface area contributed by atoms with Crippen molar-refractivity contribution in [2.24, 2.45) is 5.92 Å². The molecule has 0 radical (unpaired) electrons. The van der Waals surface area contributed by atoms with E-state index in [1.54, 1.807) is 60.4 Å². The Morgan fingerprint density at radius 3 is 2.63 bits per heavy atom. The van der Waals surface area contributed by atoms with Crippen LogP contribution in [-0.2, 0) is 20.7 Å². The van der Waals surface area contributed by atoms with Crippen molar-refractivity contribution in [2.45, 2.75) is 32.2 Å². The zero-order valence-corrected chi connectivity index (χ0v) is 26.6. The number of tetrazole rings is 1. The van der Waals surface area contributed by atoms with E-state index in [1.807, 2.05) is 6.07 Å². The second kappa shape index (κ2) is 14.9. The number of piperidine rings is 1. The number of nitrogens with zero attached hydrogens (tertiary/aromatic N) is 7. The minimum Gasteiger partial charge on any atom is -0.453 e. The molecular weight excluding hydrogens is 633 g/mol. The number of carbonyl (C=O) groups excluding carboxylic acids is 3. The molecule has 1 aliphatic heterocycles.